The third-order valence-corrected chi connectivity index (χ3v) is 5.47. The molecule has 0 saturated carbocycles. The zero-order chi connectivity index (χ0) is 22.2. The van der Waals surface area contributed by atoms with Crippen LogP contribution in [0.5, 0.6) is 5.75 Å². The van der Waals surface area contributed by atoms with Gasteiger partial charge in [-0.3, -0.25) is 14.4 Å². The number of rotatable bonds is 8. The molecule has 2 amide bonds. The van der Waals surface area contributed by atoms with Crippen molar-refractivity contribution in [2.24, 2.45) is 5.92 Å². The summed E-state index contributed by atoms with van der Waals surface area (Å²) in [5, 5.41) is 2.87. The van der Waals surface area contributed by atoms with E-state index in [1.54, 1.807) is 47.4 Å². The van der Waals surface area contributed by atoms with Gasteiger partial charge in [0.05, 0.1) is 0 Å². The molecule has 0 aromatic heterocycles. The largest absolute Gasteiger partial charge is 0.484 e. The van der Waals surface area contributed by atoms with Gasteiger partial charge in [-0.15, -0.1) is 0 Å². The molecule has 1 aliphatic rings. The number of piperidine rings is 1. The van der Waals surface area contributed by atoms with Crippen molar-refractivity contribution in [2.75, 3.05) is 26.2 Å². The van der Waals surface area contributed by atoms with Gasteiger partial charge >= 0.3 is 0 Å². The molecule has 1 heterocycles. The maximum Gasteiger partial charge on any atom is 0.260 e. The second kappa shape index (κ2) is 10.7. The quantitative estimate of drug-likeness (QED) is 0.659. The number of amides is 2. The van der Waals surface area contributed by atoms with Crippen molar-refractivity contribution in [1.82, 2.24) is 10.2 Å². The van der Waals surface area contributed by atoms with Crippen LogP contribution >= 0.6 is 0 Å². The Balaban J connectivity index is 1.39. The standard InChI is InChI=1S/C24H27FN2O4/c1-17(28)20-6-4-7-21(15-20)31-16-23(29)27-13-10-19(11-14-27)24(30)26-12-9-18-5-2-3-8-22(18)25/h2-8,15,19H,9-14,16H2,1H3,(H,26,30). The summed E-state index contributed by atoms with van der Waals surface area (Å²) in [6, 6.07) is 13.3. The number of ketones is 1. The lowest BCUT2D eigenvalue weighted by Crippen LogP contribution is -2.44. The van der Waals surface area contributed by atoms with Crippen LogP contribution in [0.3, 0.4) is 0 Å². The fourth-order valence-electron chi connectivity index (χ4n) is 3.60. The number of hydrogen-bond donors (Lipinski definition) is 1. The zero-order valence-corrected chi connectivity index (χ0v) is 17.6. The van der Waals surface area contributed by atoms with Crippen molar-refractivity contribution < 1.29 is 23.5 Å². The van der Waals surface area contributed by atoms with Crippen LogP contribution in [-0.2, 0) is 16.0 Å². The average Bonchev–Trinajstić information content (AvgIpc) is 2.79. The summed E-state index contributed by atoms with van der Waals surface area (Å²) in [6.45, 7) is 2.72. The highest BCUT2D eigenvalue weighted by Crippen LogP contribution is 2.19. The number of carbonyl (C=O) groups excluding carboxylic acids is 3. The predicted molar refractivity (Wildman–Crippen MR) is 114 cm³/mol. The van der Waals surface area contributed by atoms with E-state index in [4.69, 9.17) is 4.74 Å². The molecule has 3 rings (SSSR count). The highest BCUT2D eigenvalue weighted by molar-refractivity contribution is 5.94. The van der Waals surface area contributed by atoms with E-state index in [2.05, 4.69) is 5.32 Å². The van der Waals surface area contributed by atoms with Gasteiger partial charge in [0.2, 0.25) is 5.91 Å². The number of carbonyl (C=O) groups is 3. The van der Waals surface area contributed by atoms with Gasteiger partial charge in [0, 0.05) is 31.1 Å². The number of hydrogen-bond acceptors (Lipinski definition) is 4. The van der Waals surface area contributed by atoms with Crippen molar-refractivity contribution in [3.8, 4) is 5.75 Å². The van der Waals surface area contributed by atoms with Gasteiger partial charge in [0.15, 0.2) is 12.4 Å². The molecule has 0 aliphatic carbocycles. The number of Topliss-reactive ketones (excluding diaryl/α,β-unsaturated/α-hetero) is 1. The Hall–Kier alpha value is -3.22. The van der Waals surface area contributed by atoms with Crippen molar-refractivity contribution in [2.45, 2.75) is 26.2 Å². The molecule has 0 radical (unpaired) electrons. The number of nitrogens with one attached hydrogen (secondary N) is 1. The SMILES string of the molecule is CC(=O)c1cccc(OCC(=O)N2CCC(C(=O)NCCc3ccccc3F)CC2)c1. The van der Waals surface area contributed by atoms with Gasteiger partial charge in [-0.25, -0.2) is 4.39 Å². The van der Waals surface area contributed by atoms with Crippen LogP contribution in [0.2, 0.25) is 0 Å². The van der Waals surface area contributed by atoms with Crippen LogP contribution in [0.1, 0.15) is 35.7 Å². The van der Waals surface area contributed by atoms with Crippen LogP contribution in [0.25, 0.3) is 0 Å². The first kappa shape index (κ1) is 22.5. The highest BCUT2D eigenvalue weighted by Gasteiger charge is 2.27. The number of halogens is 1. The number of nitrogens with zero attached hydrogens (tertiary/aromatic N) is 1. The molecule has 1 saturated heterocycles. The van der Waals surface area contributed by atoms with E-state index >= 15 is 0 Å². The predicted octanol–water partition coefficient (Wildman–Crippen LogP) is 3.00. The smallest absolute Gasteiger partial charge is 0.260 e. The van der Waals surface area contributed by atoms with Crippen molar-refractivity contribution in [3.63, 3.8) is 0 Å². The van der Waals surface area contributed by atoms with Crippen molar-refractivity contribution in [3.05, 3.63) is 65.5 Å². The summed E-state index contributed by atoms with van der Waals surface area (Å²) in [6.07, 6.45) is 1.60. The molecule has 1 aliphatic heterocycles. The Bertz CT molecular complexity index is 939. The van der Waals surface area contributed by atoms with Crippen LogP contribution in [-0.4, -0.2) is 48.7 Å². The highest BCUT2D eigenvalue weighted by atomic mass is 19.1. The molecule has 7 heteroatoms. The molecule has 1 fully saturated rings. The summed E-state index contributed by atoms with van der Waals surface area (Å²) < 4.78 is 19.2. The number of benzene rings is 2. The molecule has 2 aromatic carbocycles. The lowest BCUT2D eigenvalue weighted by Gasteiger charge is -2.31. The van der Waals surface area contributed by atoms with E-state index in [1.807, 2.05) is 0 Å². The van der Waals surface area contributed by atoms with Crippen molar-refractivity contribution >= 4 is 17.6 Å². The molecule has 0 bridgehead atoms. The Morgan fingerprint density at radius 3 is 2.55 bits per heavy atom. The lowest BCUT2D eigenvalue weighted by atomic mass is 9.96. The molecular formula is C24H27FN2O4. The molecule has 164 valence electrons. The van der Waals surface area contributed by atoms with Gasteiger partial charge in [-0.2, -0.15) is 0 Å². The Kier molecular flexibility index (Phi) is 7.76. The minimum atomic E-state index is -0.265. The Labute approximate surface area is 181 Å². The molecule has 2 aromatic rings. The van der Waals surface area contributed by atoms with E-state index in [-0.39, 0.29) is 35.9 Å². The summed E-state index contributed by atoms with van der Waals surface area (Å²) in [5.74, 6) is -0.208. The van der Waals surface area contributed by atoms with E-state index in [9.17, 15) is 18.8 Å². The van der Waals surface area contributed by atoms with Gasteiger partial charge < -0.3 is 15.0 Å². The van der Waals surface area contributed by atoms with Crippen LogP contribution in [0.4, 0.5) is 4.39 Å². The third-order valence-electron chi connectivity index (χ3n) is 5.47. The van der Waals surface area contributed by atoms with E-state index in [0.717, 1.165) is 0 Å². The van der Waals surface area contributed by atoms with Gasteiger partial charge in [0.25, 0.3) is 5.91 Å². The second-order valence-corrected chi connectivity index (χ2v) is 7.66. The van der Waals surface area contributed by atoms with Gasteiger partial charge in [0.1, 0.15) is 11.6 Å². The average molecular weight is 426 g/mol. The topological polar surface area (TPSA) is 75.7 Å². The fraction of sp³-hybridized carbons (Fsp3) is 0.375. The summed E-state index contributed by atoms with van der Waals surface area (Å²) in [4.78, 5) is 37.9. The van der Waals surface area contributed by atoms with Gasteiger partial charge in [-0.05, 0) is 49.9 Å². The number of likely N-dealkylation sites (tertiary alicyclic amines) is 1. The number of ether oxygens (including phenoxy) is 1. The molecule has 31 heavy (non-hydrogen) atoms. The first-order valence-corrected chi connectivity index (χ1v) is 10.5. The van der Waals surface area contributed by atoms with E-state index in [0.29, 0.717) is 55.8 Å². The third kappa shape index (κ3) is 6.38. The van der Waals surface area contributed by atoms with Gasteiger partial charge in [-0.1, -0.05) is 30.3 Å². The minimum absolute atomic E-state index is 0.0549. The maximum absolute atomic E-state index is 13.6. The zero-order valence-electron chi connectivity index (χ0n) is 17.6. The molecule has 0 spiro atoms. The monoisotopic (exact) mass is 426 g/mol. The van der Waals surface area contributed by atoms with E-state index in [1.165, 1.54) is 13.0 Å². The fourth-order valence-corrected chi connectivity index (χ4v) is 3.60. The summed E-state index contributed by atoms with van der Waals surface area (Å²) in [7, 11) is 0. The molecule has 1 N–H and O–H groups in total. The normalized spacial score (nSPS) is 14.2. The maximum atomic E-state index is 13.6. The minimum Gasteiger partial charge on any atom is -0.484 e. The molecule has 0 unspecified atom stereocenters. The second-order valence-electron chi connectivity index (χ2n) is 7.66. The molecular weight excluding hydrogens is 399 g/mol. The summed E-state index contributed by atoms with van der Waals surface area (Å²) >= 11 is 0. The van der Waals surface area contributed by atoms with Crippen LogP contribution in [0, 0.1) is 11.7 Å². The van der Waals surface area contributed by atoms with Crippen LogP contribution < -0.4 is 10.1 Å². The van der Waals surface area contributed by atoms with Crippen molar-refractivity contribution in [1.29, 1.82) is 0 Å². The Morgan fingerprint density at radius 1 is 1.10 bits per heavy atom. The first-order valence-electron chi connectivity index (χ1n) is 10.5. The first-order chi connectivity index (χ1) is 14.9. The molecule has 6 nitrogen and oxygen atoms in total. The van der Waals surface area contributed by atoms with E-state index < -0.39 is 0 Å². The molecule has 0 atom stereocenters. The van der Waals surface area contributed by atoms with Crippen LogP contribution in [0.15, 0.2) is 48.5 Å². The lowest BCUT2D eigenvalue weighted by molar-refractivity contribution is -0.137. The Morgan fingerprint density at radius 2 is 1.84 bits per heavy atom. The summed E-state index contributed by atoms with van der Waals surface area (Å²) in [5.41, 5.74) is 1.11.